The lowest BCUT2D eigenvalue weighted by atomic mass is 9.87. The van der Waals surface area contributed by atoms with Crippen LogP contribution in [-0.4, -0.2) is 11.1 Å². The zero-order chi connectivity index (χ0) is 14.0. The molecule has 0 aliphatic carbocycles. The Morgan fingerprint density at radius 2 is 1.74 bits per heavy atom. The molecule has 0 saturated heterocycles. The van der Waals surface area contributed by atoms with Crippen LogP contribution in [0.5, 0.6) is 0 Å². The Kier molecular flexibility index (Phi) is 3.34. The Bertz CT molecular complexity index is 576. The molecule has 0 amide bonds. The molecule has 0 atom stereocenters. The fourth-order valence-electron chi connectivity index (χ4n) is 1.72. The zero-order valence-electron chi connectivity index (χ0n) is 11.2. The van der Waals surface area contributed by atoms with Gasteiger partial charge in [0, 0.05) is 11.8 Å². The van der Waals surface area contributed by atoms with E-state index in [9.17, 15) is 4.79 Å². The van der Waals surface area contributed by atoms with E-state index in [1.807, 2.05) is 24.3 Å². The van der Waals surface area contributed by atoms with Crippen molar-refractivity contribution in [2.45, 2.75) is 26.2 Å². The molecule has 4 heteroatoms. The smallest absolute Gasteiger partial charge is 0.371 e. The number of carboxylic acids is 1. The summed E-state index contributed by atoms with van der Waals surface area (Å²) in [6.45, 7) is 6.46. The van der Waals surface area contributed by atoms with Gasteiger partial charge in [-0.25, -0.2) is 4.79 Å². The lowest BCUT2D eigenvalue weighted by Gasteiger charge is -2.19. The number of nitrogens with one attached hydrogen (secondary N) is 1. The van der Waals surface area contributed by atoms with Crippen molar-refractivity contribution >= 4 is 17.5 Å². The SMILES string of the molecule is CC(C)(C)c1ccc(Nc2ccc(C(=O)O)o2)cc1. The molecule has 2 N–H and O–H groups in total. The van der Waals surface area contributed by atoms with Crippen molar-refractivity contribution < 1.29 is 14.3 Å². The van der Waals surface area contributed by atoms with E-state index in [4.69, 9.17) is 9.52 Å². The summed E-state index contributed by atoms with van der Waals surface area (Å²) in [5, 5.41) is 11.8. The minimum absolute atomic E-state index is 0.0752. The number of benzene rings is 1. The highest BCUT2D eigenvalue weighted by molar-refractivity contribution is 5.85. The van der Waals surface area contributed by atoms with Crippen LogP contribution in [0.4, 0.5) is 11.6 Å². The van der Waals surface area contributed by atoms with Crippen LogP contribution in [0, 0.1) is 0 Å². The van der Waals surface area contributed by atoms with E-state index in [1.165, 1.54) is 11.6 Å². The third-order valence-electron chi connectivity index (χ3n) is 2.84. The molecule has 19 heavy (non-hydrogen) atoms. The van der Waals surface area contributed by atoms with Gasteiger partial charge in [0.1, 0.15) is 0 Å². The van der Waals surface area contributed by atoms with Gasteiger partial charge in [0.05, 0.1) is 0 Å². The second-order valence-electron chi connectivity index (χ2n) is 5.42. The lowest BCUT2D eigenvalue weighted by Crippen LogP contribution is -2.10. The van der Waals surface area contributed by atoms with Crippen LogP contribution in [0.25, 0.3) is 0 Å². The summed E-state index contributed by atoms with van der Waals surface area (Å²) < 4.78 is 5.14. The molecule has 4 nitrogen and oxygen atoms in total. The molecule has 1 aromatic heterocycles. The molecule has 2 rings (SSSR count). The van der Waals surface area contributed by atoms with E-state index in [2.05, 4.69) is 26.1 Å². The van der Waals surface area contributed by atoms with E-state index in [0.29, 0.717) is 5.88 Å². The fraction of sp³-hybridized carbons (Fsp3) is 0.267. The standard InChI is InChI=1S/C15H17NO3/c1-15(2,3)10-4-6-11(7-5-10)16-13-9-8-12(19-13)14(17)18/h4-9,16H,1-3H3,(H,17,18). The number of rotatable bonds is 3. The molecule has 1 aromatic carbocycles. The fourth-order valence-corrected chi connectivity index (χ4v) is 1.72. The molecule has 2 aromatic rings. The predicted octanol–water partition coefficient (Wildman–Crippen LogP) is 4.02. The van der Waals surface area contributed by atoms with Crippen molar-refractivity contribution in [3.8, 4) is 0 Å². The maximum Gasteiger partial charge on any atom is 0.371 e. The van der Waals surface area contributed by atoms with E-state index < -0.39 is 5.97 Å². The second-order valence-corrected chi connectivity index (χ2v) is 5.42. The van der Waals surface area contributed by atoms with Crippen molar-refractivity contribution in [1.29, 1.82) is 0 Å². The van der Waals surface area contributed by atoms with Gasteiger partial charge in [0.25, 0.3) is 0 Å². The minimum Gasteiger partial charge on any atom is -0.475 e. The van der Waals surface area contributed by atoms with Crippen LogP contribution < -0.4 is 5.32 Å². The monoisotopic (exact) mass is 259 g/mol. The number of anilines is 2. The summed E-state index contributed by atoms with van der Waals surface area (Å²) >= 11 is 0. The third kappa shape index (κ3) is 3.16. The van der Waals surface area contributed by atoms with Gasteiger partial charge >= 0.3 is 5.97 Å². The van der Waals surface area contributed by atoms with Crippen molar-refractivity contribution in [2.75, 3.05) is 5.32 Å². The molecule has 1 heterocycles. The topological polar surface area (TPSA) is 62.5 Å². The first-order valence-electron chi connectivity index (χ1n) is 6.07. The van der Waals surface area contributed by atoms with Crippen LogP contribution in [0.1, 0.15) is 36.9 Å². The number of hydrogen-bond donors (Lipinski definition) is 2. The molecular weight excluding hydrogens is 242 g/mol. The summed E-state index contributed by atoms with van der Waals surface area (Å²) in [5.41, 5.74) is 2.21. The first-order valence-corrected chi connectivity index (χ1v) is 6.07. The minimum atomic E-state index is -1.07. The largest absolute Gasteiger partial charge is 0.475 e. The van der Waals surface area contributed by atoms with Crippen LogP contribution in [0.2, 0.25) is 0 Å². The summed E-state index contributed by atoms with van der Waals surface area (Å²) in [4.78, 5) is 10.7. The quantitative estimate of drug-likeness (QED) is 0.873. The van der Waals surface area contributed by atoms with Gasteiger partial charge in [-0.2, -0.15) is 0 Å². The Labute approximate surface area is 112 Å². The van der Waals surface area contributed by atoms with E-state index in [0.717, 1.165) is 5.69 Å². The number of carbonyl (C=O) groups is 1. The molecule has 0 aliphatic rings. The van der Waals surface area contributed by atoms with E-state index >= 15 is 0 Å². The van der Waals surface area contributed by atoms with Gasteiger partial charge in [-0.1, -0.05) is 32.9 Å². The van der Waals surface area contributed by atoms with Crippen LogP contribution in [-0.2, 0) is 5.41 Å². The predicted molar refractivity (Wildman–Crippen MR) is 74.1 cm³/mol. The second kappa shape index (κ2) is 4.80. The molecule has 0 unspecified atom stereocenters. The van der Waals surface area contributed by atoms with Crippen LogP contribution in [0.3, 0.4) is 0 Å². The van der Waals surface area contributed by atoms with E-state index in [-0.39, 0.29) is 11.2 Å². The Morgan fingerprint density at radius 3 is 2.21 bits per heavy atom. The van der Waals surface area contributed by atoms with E-state index in [1.54, 1.807) is 6.07 Å². The molecule has 0 aliphatic heterocycles. The molecule has 0 saturated carbocycles. The van der Waals surface area contributed by atoms with Crippen LogP contribution in [0.15, 0.2) is 40.8 Å². The van der Waals surface area contributed by atoms with Gasteiger partial charge in [0.15, 0.2) is 5.88 Å². The van der Waals surface area contributed by atoms with Gasteiger partial charge < -0.3 is 14.8 Å². The highest BCUT2D eigenvalue weighted by Gasteiger charge is 2.13. The number of aromatic carboxylic acids is 1. The number of carboxylic acid groups (broad SMARTS) is 1. The van der Waals surface area contributed by atoms with Crippen molar-refractivity contribution in [1.82, 2.24) is 0 Å². The normalized spacial score (nSPS) is 11.3. The zero-order valence-corrected chi connectivity index (χ0v) is 11.2. The Hall–Kier alpha value is -2.23. The van der Waals surface area contributed by atoms with Crippen LogP contribution >= 0.6 is 0 Å². The van der Waals surface area contributed by atoms with Gasteiger partial charge in [-0.3, -0.25) is 0 Å². The lowest BCUT2D eigenvalue weighted by molar-refractivity contribution is 0.0663. The highest BCUT2D eigenvalue weighted by Crippen LogP contribution is 2.25. The molecule has 0 fully saturated rings. The maximum atomic E-state index is 10.7. The Balaban J connectivity index is 2.13. The molecular formula is C15H17NO3. The highest BCUT2D eigenvalue weighted by atomic mass is 16.4. The maximum absolute atomic E-state index is 10.7. The average molecular weight is 259 g/mol. The number of furan rings is 1. The van der Waals surface area contributed by atoms with Crippen molar-refractivity contribution in [2.24, 2.45) is 0 Å². The third-order valence-corrected chi connectivity index (χ3v) is 2.84. The Morgan fingerprint density at radius 1 is 1.11 bits per heavy atom. The molecule has 0 bridgehead atoms. The van der Waals surface area contributed by atoms with Crippen molar-refractivity contribution in [3.63, 3.8) is 0 Å². The first kappa shape index (κ1) is 13.2. The van der Waals surface area contributed by atoms with Crippen molar-refractivity contribution in [3.05, 3.63) is 47.7 Å². The van der Waals surface area contributed by atoms with Gasteiger partial charge in [-0.05, 0) is 29.2 Å². The summed E-state index contributed by atoms with van der Waals surface area (Å²) in [6, 6.07) is 11.0. The molecule has 0 spiro atoms. The summed E-state index contributed by atoms with van der Waals surface area (Å²) in [5.74, 6) is -0.731. The molecule has 0 radical (unpaired) electrons. The van der Waals surface area contributed by atoms with Gasteiger partial charge in [0.2, 0.25) is 5.76 Å². The van der Waals surface area contributed by atoms with Gasteiger partial charge in [-0.15, -0.1) is 0 Å². The number of hydrogen-bond acceptors (Lipinski definition) is 3. The average Bonchev–Trinajstić information content (AvgIpc) is 2.77. The first-order chi connectivity index (χ1) is 8.86. The molecule has 100 valence electrons. The summed E-state index contributed by atoms with van der Waals surface area (Å²) in [7, 11) is 0. The summed E-state index contributed by atoms with van der Waals surface area (Å²) in [6.07, 6.45) is 0.